The van der Waals surface area contributed by atoms with Gasteiger partial charge >= 0.3 is 6.18 Å². The van der Waals surface area contributed by atoms with Crippen molar-refractivity contribution >= 4 is 17.5 Å². The summed E-state index contributed by atoms with van der Waals surface area (Å²) in [6.45, 7) is 11.2. The zero-order chi connectivity index (χ0) is 18.7. The summed E-state index contributed by atoms with van der Waals surface area (Å²) < 4.78 is 39.6. The SMILES string of the molecule is CCN(CC)CC(C)NC(=O)C(C)n1nc(C(F)(F)F)c(Cl)c1C. The van der Waals surface area contributed by atoms with Crippen LogP contribution < -0.4 is 5.32 Å². The van der Waals surface area contributed by atoms with Crippen molar-refractivity contribution in [2.75, 3.05) is 19.6 Å². The summed E-state index contributed by atoms with van der Waals surface area (Å²) in [5.41, 5.74) is -1.06. The molecule has 0 bridgehead atoms. The lowest BCUT2D eigenvalue weighted by molar-refractivity contribution is -0.141. The second-order valence-corrected chi connectivity index (χ2v) is 6.14. The molecule has 0 radical (unpaired) electrons. The molecule has 0 spiro atoms. The molecule has 1 amide bonds. The van der Waals surface area contributed by atoms with Crippen LogP contribution >= 0.6 is 11.6 Å². The third-order valence-electron chi connectivity index (χ3n) is 3.91. The minimum Gasteiger partial charge on any atom is -0.351 e. The Morgan fingerprint density at radius 3 is 2.29 bits per heavy atom. The van der Waals surface area contributed by atoms with E-state index in [1.807, 2.05) is 20.8 Å². The summed E-state index contributed by atoms with van der Waals surface area (Å²) in [7, 11) is 0. The van der Waals surface area contributed by atoms with Crippen LogP contribution in [0.1, 0.15) is 45.1 Å². The first-order valence-corrected chi connectivity index (χ1v) is 8.25. The molecule has 0 aromatic carbocycles. The first kappa shape index (κ1) is 20.8. The normalized spacial score (nSPS) is 14.8. The van der Waals surface area contributed by atoms with Crippen molar-refractivity contribution in [2.45, 2.75) is 52.9 Å². The zero-order valence-corrected chi connectivity index (χ0v) is 15.3. The molecule has 5 nitrogen and oxygen atoms in total. The molecule has 0 aliphatic rings. The average Bonchev–Trinajstić information content (AvgIpc) is 2.80. The summed E-state index contributed by atoms with van der Waals surface area (Å²) in [4.78, 5) is 14.5. The summed E-state index contributed by atoms with van der Waals surface area (Å²) in [5, 5.41) is 5.82. The van der Waals surface area contributed by atoms with Gasteiger partial charge in [-0.25, -0.2) is 0 Å². The topological polar surface area (TPSA) is 50.2 Å². The van der Waals surface area contributed by atoms with Gasteiger partial charge in [-0.05, 0) is 33.9 Å². The number of amides is 1. The Labute approximate surface area is 145 Å². The van der Waals surface area contributed by atoms with Crippen LogP contribution in [0.5, 0.6) is 0 Å². The van der Waals surface area contributed by atoms with Crippen molar-refractivity contribution in [1.29, 1.82) is 0 Å². The second kappa shape index (κ2) is 8.20. The van der Waals surface area contributed by atoms with Crippen LogP contribution in [-0.2, 0) is 11.0 Å². The third kappa shape index (κ3) is 4.86. The first-order valence-electron chi connectivity index (χ1n) is 7.87. The third-order valence-corrected chi connectivity index (χ3v) is 4.36. The molecule has 1 aromatic heterocycles. The van der Waals surface area contributed by atoms with Crippen LogP contribution in [0.4, 0.5) is 13.2 Å². The lowest BCUT2D eigenvalue weighted by atomic mass is 10.2. The summed E-state index contributed by atoms with van der Waals surface area (Å²) in [5.74, 6) is -0.398. The van der Waals surface area contributed by atoms with Crippen LogP contribution in [-0.4, -0.2) is 46.3 Å². The standard InChI is InChI=1S/C15H24ClF3N4O/c1-6-22(7-2)8-9(3)20-14(24)11(5)23-10(4)12(16)13(21-23)15(17,18)19/h9,11H,6-8H2,1-5H3,(H,20,24). The Morgan fingerprint density at radius 2 is 1.88 bits per heavy atom. The molecule has 0 saturated heterocycles. The number of hydrogen-bond donors (Lipinski definition) is 1. The van der Waals surface area contributed by atoms with Crippen molar-refractivity contribution < 1.29 is 18.0 Å². The van der Waals surface area contributed by atoms with Gasteiger partial charge in [0.05, 0.1) is 10.7 Å². The number of nitrogens with zero attached hydrogens (tertiary/aromatic N) is 3. The van der Waals surface area contributed by atoms with E-state index in [1.54, 1.807) is 0 Å². The van der Waals surface area contributed by atoms with Crippen molar-refractivity contribution in [2.24, 2.45) is 0 Å². The number of alkyl halides is 3. The van der Waals surface area contributed by atoms with Crippen molar-refractivity contribution in [3.63, 3.8) is 0 Å². The summed E-state index contributed by atoms with van der Waals surface area (Å²) >= 11 is 5.72. The largest absolute Gasteiger partial charge is 0.436 e. The molecule has 2 unspecified atom stereocenters. The van der Waals surface area contributed by atoms with E-state index < -0.39 is 28.8 Å². The average molecular weight is 369 g/mol. The van der Waals surface area contributed by atoms with Gasteiger partial charge in [0.15, 0.2) is 5.69 Å². The molecular formula is C15H24ClF3N4O. The molecule has 0 fully saturated rings. The number of carbonyl (C=O) groups excluding carboxylic acids is 1. The zero-order valence-electron chi connectivity index (χ0n) is 14.5. The quantitative estimate of drug-likeness (QED) is 0.803. The van der Waals surface area contributed by atoms with Gasteiger partial charge in [0.2, 0.25) is 5.91 Å². The van der Waals surface area contributed by atoms with Gasteiger partial charge in [-0.1, -0.05) is 25.4 Å². The molecule has 1 rings (SSSR count). The number of rotatable bonds is 7. The maximum atomic E-state index is 12.9. The number of hydrogen-bond acceptors (Lipinski definition) is 3. The Morgan fingerprint density at radius 1 is 1.33 bits per heavy atom. The van der Waals surface area contributed by atoms with E-state index in [9.17, 15) is 18.0 Å². The van der Waals surface area contributed by atoms with Crippen LogP contribution in [0.3, 0.4) is 0 Å². The highest BCUT2D eigenvalue weighted by molar-refractivity contribution is 6.32. The lowest BCUT2D eigenvalue weighted by Gasteiger charge is -2.24. The van der Waals surface area contributed by atoms with Crippen molar-refractivity contribution in [1.82, 2.24) is 20.0 Å². The number of aromatic nitrogens is 2. The van der Waals surface area contributed by atoms with Crippen LogP contribution in [0, 0.1) is 6.92 Å². The first-order chi connectivity index (χ1) is 11.0. The molecule has 0 aliphatic carbocycles. The summed E-state index contributed by atoms with van der Waals surface area (Å²) in [6.07, 6.45) is -4.65. The van der Waals surface area contributed by atoms with Gasteiger partial charge < -0.3 is 10.2 Å². The van der Waals surface area contributed by atoms with Crippen LogP contribution in [0.2, 0.25) is 5.02 Å². The fraction of sp³-hybridized carbons (Fsp3) is 0.733. The number of likely N-dealkylation sites (N-methyl/N-ethyl adjacent to an activating group) is 1. The fourth-order valence-corrected chi connectivity index (χ4v) is 2.68. The summed E-state index contributed by atoms with van der Waals surface area (Å²) in [6, 6.07) is -1.02. The minimum absolute atomic E-state index is 0.114. The van der Waals surface area contributed by atoms with E-state index in [0.717, 1.165) is 17.8 Å². The Balaban J connectivity index is 2.87. The fourth-order valence-electron chi connectivity index (χ4n) is 2.45. The van der Waals surface area contributed by atoms with Crippen molar-refractivity contribution in [3.8, 4) is 0 Å². The molecule has 138 valence electrons. The van der Waals surface area contributed by atoms with Gasteiger partial charge in [-0.15, -0.1) is 0 Å². The second-order valence-electron chi connectivity index (χ2n) is 5.76. The van der Waals surface area contributed by atoms with Gasteiger partial charge in [-0.3, -0.25) is 9.48 Å². The maximum Gasteiger partial charge on any atom is 0.436 e. The van der Waals surface area contributed by atoms with E-state index in [-0.39, 0.29) is 11.7 Å². The highest BCUT2D eigenvalue weighted by Crippen LogP contribution is 2.36. The van der Waals surface area contributed by atoms with E-state index in [2.05, 4.69) is 15.3 Å². The van der Waals surface area contributed by atoms with E-state index in [1.165, 1.54) is 13.8 Å². The van der Waals surface area contributed by atoms with Crippen LogP contribution in [0.15, 0.2) is 0 Å². The van der Waals surface area contributed by atoms with Gasteiger partial charge in [-0.2, -0.15) is 18.3 Å². The number of carbonyl (C=O) groups is 1. The lowest BCUT2D eigenvalue weighted by Crippen LogP contribution is -2.44. The molecule has 1 N–H and O–H groups in total. The number of nitrogens with one attached hydrogen (secondary N) is 1. The van der Waals surface area contributed by atoms with Gasteiger partial charge in [0.25, 0.3) is 0 Å². The maximum absolute atomic E-state index is 12.9. The molecule has 2 atom stereocenters. The Kier molecular flexibility index (Phi) is 7.10. The molecular weight excluding hydrogens is 345 g/mol. The Bertz CT molecular complexity index is 570. The van der Waals surface area contributed by atoms with E-state index in [4.69, 9.17) is 11.6 Å². The molecule has 1 heterocycles. The smallest absolute Gasteiger partial charge is 0.351 e. The predicted molar refractivity (Wildman–Crippen MR) is 87.1 cm³/mol. The van der Waals surface area contributed by atoms with Gasteiger partial charge in [0.1, 0.15) is 6.04 Å². The molecule has 24 heavy (non-hydrogen) atoms. The van der Waals surface area contributed by atoms with Crippen molar-refractivity contribution in [3.05, 3.63) is 16.4 Å². The molecule has 1 aromatic rings. The van der Waals surface area contributed by atoms with Gasteiger partial charge in [0, 0.05) is 12.6 Å². The van der Waals surface area contributed by atoms with E-state index >= 15 is 0 Å². The van der Waals surface area contributed by atoms with E-state index in [0.29, 0.717) is 6.54 Å². The monoisotopic (exact) mass is 368 g/mol. The highest BCUT2D eigenvalue weighted by atomic mass is 35.5. The molecule has 0 aliphatic heterocycles. The highest BCUT2D eigenvalue weighted by Gasteiger charge is 2.39. The van der Waals surface area contributed by atoms with Crippen LogP contribution in [0.25, 0.3) is 0 Å². The molecule has 9 heteroatoms. The molecule has 0 saturated carbocycles. The minimum atomic E-state index is -4.65. The number of halogens is 4. The predicted octanol–water partition coefficient (Wildman–Crippen LogP) is 3.27. The Hall–Kier alpha value is -1.28.